The number of benzene rings is 2. The molecule has 4 nitrogen and oxygen atoms in total. The highest BCUT2D eigenvalue weighted by Gasteiger charge is 2.34. The Morgan fingerprint density at radius 2 is 1.55 bits per heavy atom. The van der Waals surface area contributed by atoms with Gasteiger partial charge in [0.15, 0.2) is 5.88 Å². The summed E-state index contributed by atoms with van der Waals surface area (Å²) in [5.74, 6) is -0.372. The van der Waals surface area contributed by atoms with Crippen molar-refractivity contribution in [1.29, 1.82) is 0 Å². The lowest BCUT2D eigenvalue weighted by atomic mass is 9.95. The molecule has 1 aliphatic carbocycles. The summed E-state index contributed by atoms with van der Waals surface area (Å²) in [7, 11) is 0. The van der Waals surface area contributed by atoms with Crippen molar-refractivity contribution in [3.05, 3.63) is 94.2 Å². The van der Waals surface area contributed by atoms with E-state index in [1.54, 1.807) is 0 Å². The van der Waals surface area contributed by atoms with E-state index in [0.717, 1.165) is 27.3 Å². The number of aromatic amines is 1. The van der Waals surface area contributed by atoms with Crippen LogP contribution in [-0.4, -0.2) is 21.7 Å². The van der Waals surface area contributed by atoms with Crippen molar-refractivity contribution in [2.24, 2.45) is 4.99 Å². The number of aromatic nitrogens is 1. The molecular formula is C24H17ClN2O2. The summed E-state index contributed by atoms with van der Waals surface area (Å²) in [4.78, 5) is 19.9. The Hall–Kier alpha value is -3.37. The number of H-pyrrole nitrogens is 1. The Morgan fingerprint density at radius 3 is 2.24 bits per heavy atom. The Balaban J connectivity index is 1.54. The third-order valence-electron chi connectivity index (χ3n) is 5.33. The highest BCUT2D eigenvalue weighted by Crippen LogP contribution is 2.39. The second-order valence-corrected chi connectivity index (χ2v) is 7.60. The normalized spacial score (nSPS) is 15.6. The molecule has 5 rings (SSSR count). The zero-order chi connectivity index (χ0) is 20.0. The molecule has 2 N–H and O–H groups in total. The molecule has 0 unspecified atom stereocenters. The van der Waals surface area contributed by atoms with Gasteiger partial charge in [0.2, 0.25) is 0 Å². The van der Waals surface area contributed by atoms with Crippen molar-refractivity contribution >= 4 is 28.8 Å². The van der Waals surface area contributed by atoms with Crippen LogP contribution in [0.5, 0.6) is 5.88 Å². The van der Waals surface area contributed by atoms with Crippen LogP contribution in [0.15, 0.2) is 76.8 Å². The van der Waals surface area contributed by atoms with E-state index in [-0.39, 0.29) is 11.8 Å². The Morgan fingerprint density at radius 1 is 0.862 bits per heavy atom. The maximum Gasteiger partial charge on any atom is 0.280 e. The van der Waals surface area contributed by atoms with Crippen LogP contribution in [0, 0.1) is 0 Å². The van der Waals surface area contributed by atoms with E-state index in [2.05, 4.69) is 9.98 Å². The van der Waals surface area contributed by atoms with Gasteiger partial charge in [-0.05, 0) is 35.6 Å². The predicted molar refractivity (Wildman–Crippen MR) is 115 cm³/mol. The molecule has 2 aromatic carbocycles. The van der Waals surface area contributed by atoms with E-state index in [4.69, 9.17) is 11.6 Å². The number of fused-ring (bicyclic) bond motifs is 1. The summed E-state index contributed by atoms with van der Waals surface area (Å²) in [6, 6.07) is 17.9. The highest BCUT2D eigenvalue weighted by atomic mass is 35.5. The van der Waals surface area contributed by atoms with Crippen LogP contribution >= 0.6 is 11.6 Å². The zero-order valence-corrected chi connectivity index (χ0v) is 16.2. The fourth-order valence-electron chi connectivity index (χ4n) is 3.87. The fraction of sp³-hybridized carbons (Fsp3) is 0.0833. The number of nitrogens with zero attached hydrogens (tertiary/aromatic N) is 1. The van der Waals surface area contributed by atoms with E-state index < -0.39 is 0 Å². The van der Waals surface area contributed by atoms with Crippen LogP contribution in [0.3, 0.4) is 0 Å². The number of hydrogen-bond donors (Lipinski definition) is 2. The second-order valence-electron chi connectivity index (χ2n) is 7.11. The zero-order valence-electron chi connectivity index (χ0n) is 15.4. The van der Waals surface area contributed by atoms with E-state index in [0.29, 0.717) is 35.4 Å². The molecule has 0 saturated carbocycles. The molecule has 3 aromatic rings. The van der Waals surface area contributed by atoms with Gasteiger partial charge in [0, 0.05) is 10.6 Å². The van der Waals surface area contributed by atoms with Crippen molar-refractivity contribution < 1.29 is 9.90 Å². The minimum atomic E-state index is -0.338. The molecule has 0 fully saturated rings. The van der Waals surface area contributed by atoms with Crippen LogP contribution in [0.1, 0.15) is 40.0 Å². The number of aromatic hydroxyl groups is 1. The number of allylic oxidation sites excluding steroid dienone is 4. The van der Waals surface area contributed by atoms with Crippen molar-refractivity contribution in [3.63, 3.8) is 0 Å². The van der Waals surface area contributed by atoms with Gasteiger partial charge in [-0.15, -0.1) is 0 Å². The van der Waals surface area contributed by atoms with E-state index >= 15 is 0 Å². The molecule has 1 aromatic heterocycles. The first-order valence-corrected chi connectivity index (χ1v) is 9.79. The lowest BCUT2D eigenvalue weighted by Crippen LogP contribution is -2.00. The molecule has 2 aliphatic rings. The molecule has 0 saturated heterocycles. The first-order chi connectivity index (χ1) is 14.1. The maximum atomic E-state index is 12.7. The smallest absolute Gasteiger partial charge is 0.280 e. The molecule has 1 aliphatic heterocycles. The number of carbonyl (C=O) groups excluding carboxylic acids is 1. The van der Waals surface area contributed by atoms with Crippen molar-refractivity contribution in [1.82, 2.24) is 4.98 Å². The summed E-state index contributed by atoms with van der Waals surface area (Å²) in [5, 5.41) is 11.3. The van der Waals surface area contributed by atoms with Gasteiger partial charge in [0.1, 0.15) is 0 Å². The Bertz CT molecular complexity index is 1220. The lowest BCUT2D eigenvalue weighted by Gasteiger charge is -2.10. The summed E-state index contributed by atoms with van der Waals surface area (Å²) in [5.41, 5.74) is 5.95. The monoisotopic (exact) mass is 400 g/mol. The van der Waals surface area contributed by atoms with E-state index in [1.165, 1.54) is 0 Å². The number of rotatable bonds is 3. The molecule has 0 atom stereocenters. The Labute approximate surface area is 172 Å². The lowest BCUT2D eigenvalue weighted by molar-refractivity contribution is 0.101. The SMILES string of the molecule is O=C1N=C(c2ccc(-c3ccccc3)cc2)c2c(O)[nH]c(C3=CC=C(Cl)CC3)c21. The van der Waals surface area contributed by atoms with Crippen LogP contribution in [0.2, 0.25) is 0 Å². The molecule has 142 valence electrons. The molecule has 5 heteroatoms. The number of hydrogen-bond acceptors (Lipinski definition) is 2. The molecule has 0 radical (unpaired) electrons. The van der Waals surface area contributed by atoms with Gasteiger partial charge < -0.3 is 10.1 Å². The van der Waals surface area contributed by atoms with Crippen molar-refractivity contribution in [2.75, 3.05) is 0 Å². The molecule has 1 amide bonds. The number of halogens is 1. The van der Waals surface area contributed by atoms with Crippen molar-refractivity contribution in [2.45, 2.75) is 12.8 Å². The number of nitrogens with one attached hydrogen (secondary N) is 1. The van der Waals surface area contributed by atoms with E-state index in [1.807, 2.05) is 66.7 Å². The van der Waals surface area contributed by atoms with Gasteiger partial charge in [0.05, 0.1) is 22.5 Å². The van der Waals surface area contributed by atoms with Crippen LogP contribution < -0.4 is 0 Å². The van der Waals surface area contributed by atoms with Gasteiger partial charge >= 0.3 is 0 Å². The molecule has 29 heavy (non-hydrogen) atoms. The largest absolute Gasteiger partial charge is 0.494 e. The molecule has 0 spiro atoms. The molecule has 0 bridgehead atoms. The summed E-state index contributed by atoms with van der Waals surface area (Å²) in [6.45, 7) is 0. The molecule has 2 heterocycles. The van der Waals surface area contributed by atoms with Crippen LogP contribution in [0.4, 0.5) is 0 Å². The number of amides is 1. The van der Waals surface area contributed by atoms with Crippen LogP contribution in [-0.2, 0) is 0 Å². The minimum Gasteiger partial charge on any atom is -0.494 e. The summed E-state index contributed by atoms with van der Waals surface area (Å²) in [6.07, 6.45) is 5.13. The predicted octanol–water partition coefficient (Wildman–Crippen LogP) is 5.68. The first kappa shape index (κ1) is 17.7. The summed E-state index contributed by atoms with van der Waals surface area (Å²) < 4.78 is 0. The van der Waals surface area contributed by atoms with Gasteiger partial charge in [0.25, 0.3) is 5.91 Å². The number of aliphatic imine (C=N–C) groups is 1. The average Bonchev–Trinajstić information content (AvgIpc) is 3.28. The van der Waals surface area contributed by atoms with Gasteiger partial charge in [-0.25, -0.2) is 4.99 Å². The van der Waals surface area contributed by atoms with Crippen LogP contribution in [0.25, 0.3) is 16.7 Å². The van der Waals surface area contributed by atoms with E-state index in [9.17, 15) is 9.90 Å². The first-order valence-electron chi connectivity index (χ1n) is 9.41. The van der Waals surface area contributed by atoms with Gasteiger partial charge in [-0.2, -0.15) is 0 Å². The Kier molecular flexibility index (Phi) is 4.22. The van der Waals surface area contributed by atoms with Crippen molar-refractivity contribution in [3.8, 4) is 17.0 Å². The molecular weight excluding hydrogens is 384 g/mol. The highest BCUT2D eigenvalue weighted by molar-refractivity contribution is 6.31. The minimum absolute atomic E-state index is 0.0340. The average molecular weight is 401 g/mol. The number of carbonyl (C=O) groups is 1. The maximum absolute atomic E-state index is 12.7. The second kappa shape index (κ2) is 6.90. The topological polar surface area (TPSA) is 65.4 Å². The standard InChI is InChI=1S/C24H17ClN2O2/c25-18-12-10-17(11-13-18)22-20-19(23(28)27-22)21(26-24(20)29)16-8-6-15(7-9-16)14-4-2-1-3-5-14/h1-10,12,27-28H,11,13H2. The third-order valence-corrected chi connectivity index (χ3v) is 5.64. The van der Waals surface area contributed by atoms with Gasteiger partial charge in [-0.3, -0.25) is 4.79 Å². The van der Waals surface area contributed by atoms with Gasteiger partial charge in [-0.1, -0.05) is 72.3 Å². The third kappa shape index (κ3) is 3.02. The summed E-state index contributed by atoms with van der Waals surface area (Å²) >= 11 is 6.05. The fourth-order valence-corrected chi connectivity index (χ4v) is 4.02. The quantitative estimate of drug-likeness (QED) is 0.594.